The van der Waals surface area contributed by atoms with Gasteiger partial charge in [-0.2, -0.15) is 0 Å². The van der Waals surface area contributed by atoms with E-state index in [4.69, 9.17) is 4.74 Å². The van der Waals surface area contributed by atoms with Crippen LogP contribution in [-0.2, 0) is 11.8 Å². The molecule has 0 aliphatic heterocycles. The van der Waals surface area contributed by atoms with Crippen molar-refractivity contribution in [2.75, 3.05) is 12.4 Å². The molecule has 1 aliphatic rings. The van der Waals surface area contributed by atoms with Crippen LogP contribution in [0.15, 0.2) is 24.5 Å². The molecule has 0 radical (unpaired) electrons. The molecule has 6 nitrogen and oxygen atoms in total. The molecule has 2 atom stereocenters. The molecule has 3 aromatic rings. The zero-order valence-corrected chi connectivity index (χ0v) is 15.7. The number of amides is 1. The van der Waals surface area contributed by atoms with Gasteiger partial charge >= 0.3 is 0 Å². The summed E-state index contributed by atoms with van der Waals surface area (Å²) in [7, 11) is 3.57. The number of nitrogens with one attached hydrogen (secondary N) is 1. The van der Waals surface area contributed by atoms with Crippen molar-refractivity contribution in [3.05, 3.63) is 35.7 Å². The molecule has 3 heterocycles. The second-order valence-corrected chi connectivity index (χ2v) is 6.98. The Morgan fingerprint density at radius 3 is 2.78 bits per heavy atom. The third-order valence-electron chi connectivity index (χ3n) is 5.19. The molecule has 140 valence electrons. The van der Waals surface area contributed by atoms with Gasteiger partial charge < -0.3 is 14.6 Å². The van der Waals surface area contributed by atoms with E-state index in [1.807, 2.05) is 37.6 Å². The maximum atomic E-state index is 13.1. The second kappa shape index (κ2) is 6.33. The van der Waals surface area contributed by atoms with Gasteiger partial charge in [0.25, 0.3) is 0 Å². The number of fused-ring (bicyclic) bond motifs is 1. The van der Waals surface area contributed by atoms with E-state index in [9.17, 15) is 9.18 Å². The van der Waals surface area contributed by atoms with Crippen LogP contribution < -0.4 is 10.1 Å². The lowest BCUT2D eigenvalue weighted by atomic mass is 10.0. The average Bonchev–Trinajstić information content (AvgIpc) is 3.34. The number of hydrogen-bond acceptors (Lipinski definition) is 4. The lowest BCUT2D eigenvalue weighted by molar-refractivity contribution is -0.117. The van der Waals surface area contributed by atoms with Crippen LogP contribution in [0.5, 0.6) is 5.88 Å². The molecule has 7 heteroatoms. The molecule has 0 aromatic carbocycles. The number of aryl methyl sites for hydroxylation is 3. The summed E-state index contributed by atoms with van der Waals surface area (Å²) in [4.78, 5) is 20.7. The van der Waals surface area contributed by atoms with Crippen LogP contribution in [0.25, 0.3) is 22.2 Å². The number of carbonyl (C=O) groups excluding carboxylic acids is 1. The second-order valence-electron chi connectivity index (χ2n) is 6.98. The maximum Gasteiger partial charge on any atom is 0.231 e. The molecule has 0 unspecified atom stereocenters. The first-order valence-electron chi connectivity index (χ1n) is 8.82. The van der Waals surface area contributed by atoms with E-state index < -0.39 is 12.1 Å². The molecule has 0 saturated heterocycles. The van der Waals surface area contributed by atoms with E-state index in [0.717, 1.165) is 33.3 Å². The third kappa shape index (κ3) is 2.83. The molecule has 1 fully saturated rings. The van der Waals surface area contributed by atoms with Crippen LogP contribution in [0.2, 0.25) is 0 Å². The van der Waals surface area contributed by atoms with Gasteiger partial charge in [0.2, 0.25) is 11.8 Å². The van der Waals surface area contributed by atoms with Crippen molar-refractivity contribution in [3.63, 3.8) is 0 Å². The van der Waals surface area contributed by atoms with Crippen LogP contribution in [0.1, 0.15) is 17.5 Å². The van der Waals surface area contributed by atoms with E-state index in [-0.39, 0.29) is 5.91 Å². The summed E-state index contributed by atoms with van der Waals surface area (Å²) in [6.45, 7) is 4.04. The van der Waals surface area contributed by atoms with E-state index >= 15 is 0 Å². The lowest BCUT2D eigenvalue weighted by Crippen LogP contribution is -2.15. The highest BCUT2D eigenvalue weighted by atomic mass is 19.1. The van der Waals surface area contributed by atoms with Gasteiger partial charge in [0, 0.05) is 18.6 Å². The fraction of sp³-hybridized carbons (Fsp3) is 0.350. The predicted octanol–water partition coefficient (Wildman–Crippen LogP) is 3.56. The van der Waals surface area contributed by atoms with Gasteiger partial charge in [-0.3, -0.25) is 4.79 Å². The SMILES string of the molecule is COc1nccc(C)c1-c1c(C)c2cc(NC(=O)[C@@H]3C[C@@H]3F)ncc2n1C. The summed E-state index contributed by atoms with van der Waals surface area (Å²) in [5.41, 5.74) is 4.94. The Hall–Kier alpha value is -2.96. The van der Waals surface area contributed by atoms with Gasteiger partial charge in [-0.05, 0) is 43.5 Å². The van der Waals surface area contributed by atoms with Crippen molar-refractivity contribution in [2.24, 2.45) is 13.0 Å². The summed E-state index contributed by atoms with van der Waals surface area (Å²) in [5, 5.41) is 3.69. The molecule has 1 saturated carbocycles. The highest BCUT2D eigenvalue weighted by Gasteiger charge is 2.43. The molecule has 1 amide bonds. The number of aromatic nitrogens is 3. The summed E-state index contributed by atoms with van der Waals surface area (Å²) in [6.07, 6.45) is 2.71. The van der Waals surface area contributed by atoms with Crippen molar-refractivity contribution in [1.29, 1.82) is 0 Å². The Labute approximate surface area is 156 Å². The van der Waals surface area contributed by atoms with Crippen LogP contribution >= 0.6 is 0 Å². The number of ether oxygens (including phenoxy) is 1. The summed E-state index contributed by atoms with van der Waals surface area (Å²) in [5.74, 6) is 0.139. The topological polar surface area (TPSA) is 69.0 Å². The molecular formula is C20H21FN4O2. The molecule has 0 spiro atoms. The molecule has 0 bridgehead atoms. The summed E-state index contributed by atoms with van der Waals surface area (Å²) >= 11 is 0. The monoisotopic (exact) mass is 368 g/mol. The first-order valence-corrected chi connectivity index (χ1v) is 8.82. The molecule has 4 rings (SSSR count). The van der Waals surface area contributed by atoms with E-state index in [1.165, 1.54) is 0 Å². The lowest BCUT2D eigenvalue weighted by Gasteiger charge is -2.12. The predicted molar refractivity (Wildman–Crippen MR) is 102 cm³/mol. The van der Waals surface area contributed by atoms with Gasteiger partial charge in [0.1, 0.15) is 12.0 Å². The van der Waals surface area contributed by atoms with Crippen LogP contribution in [0.3, 0.4) is 0 Å². The van der Waals surface area contributed by atoms with Crippen molar-refractivity contribution >= 4 is 22.6 Å². The van der Waals surface area contributed by atoms with Crippen LogP contribution in [-0.4, -0.2) is 33.7 Å². The highest BCUT2D eigenvalue weighted by molar-refractivity contribution is 5.98. The van der Waals surface area contributed by atoms with Gasteiger partial charge in [-0.15, -0.1) is 0 Å². The molecule has 3 aromatic heterocycles. The zero-order valence-electron chi connectivity index (χ0n) is 15.7. The molecule has 1 aliphatic carbocycles. The Morgan fingerprint density at radius 1 is 1.37 bits per heavy atom. The van der Waals surface area contributed by atoms with Gasteiger partial charge in [0.05, 0.1) is 36.0 Å². The van der Waals surface area contributed by atoms with Gasteiger partial charge in [0.15, 0.2) is 0 Å². The number of halogens is 1. The minimum absolute atomic E-state index is 0.294. The Balaban J connectivity index is 1.81. The standard InChI is InChI=1S/C20H21FN4O2/c1-10-5-6-22-20(27-4)17(10)18-11(2)12-8-16(23-9-15(12)25(18)3)24-19(26)13-7-14(13)21/h5-6,8-9,13-14H,7H2,1-4H3,(H,23,24,26)/t13-,14+/m1/s1. The van der Waals surface area contributed by atoms with Gasteiger partial charge in [-0.1, -0.05) is 0 Å². The fourth-order valence-corrected chi connectivity index (χ4v) is 3.57. The largest absolute Gasteiger partial charge is 0.480 e. The number of nitrogens with zero attached hydrogens (tertiary/aromatic N) is 3. The first kappa shape index (κ1) is 17.5. The number of rotatable bonds is 4. The minimum Gasteiger partial charge on any atom is -0.480 e. The normalized spacial score (nSPS) is 18.6. The molecular weight excluding hydrogens is 347 g/mol. The quantitative estimate of drug-likeness (QED) is 0.765. The number of carbonyl (C=O) groups is 1. The third-order valence-corrected chi connectivity index (χ3v) is 5.19. The fourth-order valence-electron chi connectivity index (χ4n) is 3.57. The number of alkyl halides is 1. The number of methoxy groups -OCH3 is 1. The van der Waals surface area contributed by atoms with Gasteiger partial charge in [-0.25, -0.2) is 14.4 Å². The van der Waals surface area contributed by atoms with Crippen molar-refractivity contribution in [2.45, 2.75) is 26.4 Å². The average molecular weight is 368 g/mol. The smallest absolute Gasteiger partial charge is 0.231 e. The van der Waals surface area contributed by atoms with E-state index in [2.05, 4.69) is 15.3 Å². The Morgan fingerprint density at radius 2 is 2.11 bits per heavy atom. The number of anilines is 1. The highest BCUT2D eigenvalue weighted by Crippen LogP contribution is 2.39. The Bertz CT molecular complexity index is 1060. The van der Waals surface area contributed by atoms with Crippen molar-refractivity contribution in [1.82, 2.24) is 14.5 Å². The van der Waals surface area contributed by atoms with E-state index in [0.29, 0.717) is 18.1 Å². The maximum absolute atomic E-state index is 13.1. The summed E-state index contributed by atoms with van der Waals surface area (Å²) < 4.78 is 20.6. The van der Waals surface area contributed by atoms with Crippen LogP contribution in [0.4, 0.5) is 10.2 Å². The first-order chi connectivity index (χ1) is 12.9. The minimum atomic E-state index is -1.03. The molecule has 1 N–H and O–H groups in total. The zero-order chi connectivity index (χ0) is 19.3. The van der Waals surface area contributed by atoms with E-state index in [1.54, 1.807) is 19.5 Å². The summed E-state index contributed by atoms with van der Waals surface area (Å²) in [6, 6.07) is 3.78. The Kier molecular flexibility index (Phi) is 4.09. The number of hydrogen-bond donors (Lipinski definition) is 1. The molecule has 27 heavy (non-hydrogen) atoms. The van der Waals surface area contributed by atoms with Crippen LogP contribution in [0, 0.1) is 19.8 Å². The van der Waals surface area contributed by atoms with Crippen molar-refractivity contribution in [3.8, 4) is 17.1 Å². The number of pyridine rings is 2. The van der Waals surface area contributed by atoms with Crippen molar-refractivity contribution < 1.29 is 13.9 Å².